The second-order valence-corrected chi connectivity index (χ2v) is 4.85. The van der Waals surface area contributed by atoms with Crippen molar-refractivity contribution in [1.29, 1.82) is 5.26 Å². The van der Waals surface area contributed by atoms with Crippen molar-refractivity contribution in [1.82, 2.24) is 5.32 Å². The van der Waals surface area contributed by atoms with E-state index in [0.29, 0.717) is 6.42 Å². The molecule has 0 aliphatic carbocycles. The average Bonchev–Trinajstić information content (AvgIpc) is 2.52. The summed E-state index contributed by atoms with van der Waals surface area (Å²) in [6.07, 6.45) is 2.71. The molecule has 2 rings (SSSR count). The molecule has 0 atom stereocenters. The summed E-state index contributed by atoms with van der Waals surface area (Å²) in [6.45, 7) is 1.86. The number of nitrogens with one attached hydrogen (secondary N) is 1. The Bertz CT molecular complexity index is 538. The predicted octanol–water partition coefficient (Wildman–Crippen LogP) is 4.14. The molecule has 2 aromatic rings. The van der Waals surface area contributed by atoms with E-state index in [4.69, 9.17) is 5.26 Å². The van der Waals surface area contributed by atoms with Gasteiger partial charge in [0.2, 0.25) is 0 Å². The Labute approximate surface area is 121 Å². The molecule has 0 radical (unpaired) electrons. The van der Waals surface area contributed by atoms with E-state index in [1.54, 1.807) is 0 Å². The molecule has 2 nitrogen and oxygen atoms in total. The van der Waals surface area contributed by atoms with Gasteiger partial charge in [-0.1, -0.05) is 54.6 Å². The fourth-order valence-electron chi connectivity index (χ4n) is 2.13. The molecule has 0 spiro atoms. The Hall–Kier alpha value is -2.11. The number of benzene rings is 2. The van der Waals surface area contributed by atoms with Crippen LogP contribution in [0.15, 0.2) is 54.6 Å². The Morgan fingerprint density at radius 1 is 0.850 bits per heavy atom. The second-order valence-electron chi connectivity index (χ2n) is 4.85. The predicted molar refractivity (Wildman–Crippen MR) is 83.0 cm³/mol. The summed E-state index contributed by atoms with van der Waals surface area (Å²) in [6, 6.07) is 21.3. The lowest BCUT2D eigenvalue weighted by molar-refractivity contribution is 0.629. The Morgan fingerprint density at radius 2 is 1.55 bits per heavy atom. The first-order valence-corrected chi connectivity index (χ1v) is 7.12. The van der Waals surface area contributed by atoms with Gasteiger partial charge in [-0.15, -0.1) is 0 Å². The lowest BCUT2D eigenvalue weighted by atomic mass is 10.0. The fourth-order valence-corrected chi connectivity index (χ4v) is 2.13. The van der Waals surface area contributed by atoms with Crippen LogP contribution in [0.3, 0.4) is 0 Å². The van der Waals surface area contributed by atoms with E-state index < -0.39 is 0 Å². The minimum atomic E-state index is 0.660. The lowest BCUT2D eigenvalue weighted by Gasteiger charge is -2.06. The monoisotopic (exact) mass is 264 g/mol. The third-order valence-electron chi connectivity index (χ3n) is 3.28. The van der Waals surface area contributed by atoms with Crippen LogP contribution >= 0.6 is 0 Å². The number of hydrogen-bond acceptors (Lipinski definition) is 2. The smallest absolute Gasteiger partial charge is 0.0621 e. The van der Waals surface area contributed by atoms with Crippen molar-refractivity contribution in [2.75, 3.05) is 6.54 Å². The Balaban J connectivity index is 1.79. The van der Waals surface area contributed by atoms with E-state index in [2.05, 4.69) is 59.9 Å². The van der Waals surface area contributed by atoms with E-state index in [1.807, 2.05) is 6.07 Å². The SMILES string of the molecule is N#CCCCCNCc1ccc(-c2ccccc2)cc1. The van der Waals surface area contributed by atoms with E-state index in [0.717, 1.165) is 25.9 Å². The highest BCUT2D eigenvalue weighted by atomic mass is 14.8. The highest BCUT2D eigenvalue weighted by Crippen LogP contribution is 2.19. The number of hydrogen-bond donors (Lipinski definition) is 1. The zero-order valence-corrected chi connectivity index (χ0v) is 11.7. The van der Waals surface area contributed by atoms with Gasteiger partial charge < -0.3 is 5.32 Å². The van der Waals surface area contributed by atoms with Crippen molar-refractivity contribution in [3.05, 3.63) is 60.2 Å². The number of nitriles is 1. The van der Waals surface area contributed by atoms with E-state index in [9.17, 15) is 0 Å². The zero-order chi connectivity index (χ0) is 14.0. The van der Waals surface area contributed by atoms with Crippen LogP contribution in [-0.4, -0.2) is 6.54 Å². The summed E-state index contributed by atoms with van der Waals surface area (Å²) in [7, 11) is 0. The van der Waals surface area contributed by atoms with Gasteiger partial charge in [-0.2, -0.15) is 5.26 Å². The average molecular weight is 264 g/mol. The van der Waals surface area contributed by atoms with Crippen LogP contribution in [-0.2, 0) is 6.54 Å². The Morgan fingerprint density at radius 3 is 2.25 bits per heavy atom. The van der Waals surface area contributed by atoms with Crippen LogP contribution in [0.1, 0.15) is 24.8 Å². The molecule has 0 heterocycles. The Kier molecular flexibility index (Phi) is 5.82. The lowest BCUT2D eigenvalue weighted by Crippen LogP contribution is -2.14. The summed E-state index contributed by atoms with van der Waals surface area (Å²) in [4.78, 5) is 0. The number of rotatable bonds is 7. The molecular weight excluding hydrogens is 244 g/mol. The van der Waals surface area contributed by atoms with Crippen LogP contribution in [0.5, 0.6) is 0 Å². The van der Waals surface area contributed by atoms with Gasteiger partial charge in [-0.25, -0.2) is 0 Å². The summed E-state index contributed by atoms with van der Waals surface area (Å²) < 4.78 is 0. The summed E-state index contributed by atoms with van der Waals surface area (Å²) in [5, 5.41) is 11.9. The minimum absolute atomic E-state index is 0.660. The van der Waals surface area contributed by atoms with Crippen molar-refractivity contribution in [2.24, 2.45) is 0 Å². The topological polar surface area (TPSA) is 35.8 Å². The third-order valence-corrected chi connectivity index (χ3v) is 3.28. The molecular formula is C18H20N2. The molecule has 0 aliphatic heterocycles. The van der Waals surface area contributed by atoms with Gasteiger partial charge in [0.25, 0.3) is 0 Å². The first-order chi connectivity index (χ1) is 9.90. The minimum Gasteiger partial charge on any atom is -0.313 e. The molecule has 2 aromatic carbocycles. The third kappa shape index (κ3) is 4.53. The van der Waals surface area contributed by atoms with Gasteiger partial charge in [-0.3, -0.25) is 0 Å². The first-order valence-electron chi connectivity index (χ1n) is 7.12. The van der Waals surface area contributed by atoms with Crippen LogP contribution in [0.25, 0.3) is 11.1 Å². The van der Waals surface area contributed by atoms with E-state index >= 15 is 0 Å². The second kappa shape index (κ2) is 8.14. The number of nitrogens with zero attached hydrogens (tertiary/aromatic N) is 1. The first kappa shape index (κ1) is 14.3. The zero-order valence-electron chi connectivity index (χ0n) is 11.7. The van der Waals surface area contributed by atoms with E-state index in [1.165, 1.54) is 16.7 Å². The highest BCUT2D eigenvalue weighted by molar-refractivity contribution is 5.63. The molecule has 20 heavy (non-hydrogen) atoms. The molecule has 2 heteroatoms. The molecule has 1 N–H and O–H groups in total. The maximum atomic E-state index is 8.45. The quantitative estimate of drug-likeness (QED) is 0.763. The highest BCUT2D eigenvalue weighted by Gasteiger charge is 1.97. The van der Waals surface area contributed by atoms with Gasteiger partial charge in [0.15, 0.2) is 0 Å². The molecule has 0 aromatic heterocycles. The van der Waals surface area contributed by atoms with Crippen molar-refractivity contribution < 1.29 is 0 Å². The van der Waals surface area contributed by atoms with Crippen LogP contribution in [0.2, 0.25) is 0 Å². The van der Waals surface area contributed by atoms with Gasteiger partial charge in [0, 0.05) is 13.0 Å². The number of unbranched alkanes of at least 4 members (excludes halogenated alkanes) is 2. The van der Waals surface area contributed by atoms with Crippen LogP contribution in [0.4, 0.5) is 0 Å². The normalized spacial score (nSPS) is 10.2. The van der Waals surface area contributed by atoms with Crippen LogP contribution < -0.4 is 5.32 Å². The summed E-state index contributed by atoms with van der Waals surface area (Å²) in [5.41, 5.74) is 3.80. The summed E-state index contributed by atoms with van der Waals surface area (Å²) in [5.74, 6) is 0. The standard InChI is InChI=1S/C18H20N2/c19-13-5-2-6-14-20-15-16-9-11-18(12-10-16)17-7-3-1-4-8-17/h1,3-4,7-12,20H,2,5-6,14-15H2. The molecule has 0 fully saturated rings. The maximum absolute atomic E-state index is 8.45. The molecule has 0 unspecified atom stereocenters. The molecule has 102 valence electrons. The van der Waals surface area contributed by atoms with E-state index in [-0.39, 0.29) is 0 Å². The molecule has 0 saturated carbocycles. The van der Waals surface area contributed by atoms with Gasteiger partial charge in [0.05, 0.1) is 6.07 Å². The van der Waals surface area contributed by atoms with Gasteiger partial charge >= 0.3 is 0 Å². The largest absolute Gasteiger partial charge is 0.313 e. The van der Waals surface area contributed by atoms with Crippen molar-refractivity contribution in [3.8, 4) is 17.2 Å². The van der Waals surface area contributed by atoms with Gasteiger partial charge in [0.1, 0.15) is 0 Å². The van der Waals surface area contributed by atoms with Crippen molar-refractivity contribution in [3.63, 3.8) is 0 Å². The molecule has 0 aliphatic rings. The van der Waals surface area contributed by atoms with Crippen molar-refractivity contribution >= 4 is 0 Å². The van der Waals surface area contributed by atoms with Gasteiger partial charge in [-0.05, 0) is 36.1 Å². The molecule has 0 amide bonds. The molecule has 0 saturated heterocycles. The maximum Gasteiger partial charge on any atom is 0.0621 e. The molecule has 0 bridgehead atoms. The van der Waals surface area contributed by atoms with Crippen LogP contribution in [0, 0.1) is 11.3 Å². The summed E-state index contributed by atoms with van der Waals surface area (Å²) >= 11 is 0. The fraction of sp³-hybridized carbons (Fsp3) is 0.278. The van der Waals surface area contributed by atoms with Crippen molar-refractivity contribution in [2.45, 2.75) is 25.8 Å².